The number of hydrogen-bond acceptors (Lipinski definition) is 4. The van der Waals surface area contributed by atoms with Crippen LogP contribution in [-0.2, 0) is 10.0 Å². The first-order chi connectivity index (χ1) is 14.0. The summed E-state index contributed by atoms with van der Waals surface area (Å²) in [5.41, 5.74) is 2.71. The van der Waals surface area contributed by atoms with Crippen LogP contribution < -0.4 is 14.5 Å². The van der Waals surface area contributed by atoms with Crippen LogP contribution in [0.15, 0.2) is 65.6 Å². The highest BCUT2D eigenvalue weighted by Gasteiger charge is 2.19. The van der Waals surface area contributed by atoms with Crippen LogP contribution in [-0.4, -0.2) is 35.6 Å². The standard InChI is InChI=1S/C23H27N3O2S/c1-25(2)22-10-6-9-21-20(22)8-7-11-23(21)29(27,28)24-18-12-14-19(15-13-18)26-16-4-3-5-17-26/h6-15,24H,3-5,16-17H2,1-2H3. The first kappa shape index (κ1) is 19.6. The Morgan fingerprint density at radius 1 is 0.828 bits per heavy atom. The zero-order chi connectivity index (χ0) is 20.4. The topological polar surface area (TPSA) is 52.7 Å². The molecule has 3 aromatic rings. The van der Waals surface area contributed by atoms with Gasteiger partial charge in [0.25, 0.3) is 10.0 Å². The lowest BCUT2D eigenvalue weighted by atomic mass is 10.1. The van der Waals surface area contributed by atoms with Gasteiger partial charge in [0, 0.05) is 55.0 Å². The molecule has 4 rings (SSSR count). The van der Waals surface area contributed by atoms with Crippen LogP contribution in [0.25, 0.3) is 10.8 Å². The fourth-order valence-electron chi connectivity index (χ4n) is 3.99. The van der Waals surface area contributed by atoms with Crippen molar-refractivity contribution in [1.82, 2.24) is 0 Å². The zero-order valence-corrected chi connectivity index (χ0v) is 17.7. The van der Waals surface area contributed by atoms with Gasteiger partial charge < -0.3 is 9.80 Å². The first-order valence-corrected chi connectivity index (χ1v) is 11.5. The number of sulfonamides is 1. The summed E-state index contributed by atoms with van der Waals surface area (Å²) in [6.45, 7) is 2.13. The van der Waals surface area contributed by atoms with Crippen molar-refractivity contribution in [2.45, 2.75) is 24.2 Å². The van der Waals surface area contributed by atoms with Gasteiger partial charge in [-0.3, -0.25) is 4.72 Å². The van der Waals surface area contributed by atoms with Crippen LogP contribution in [0, 0.1) is 0 Å². The Bertz CT molecular complexity index is 1100. The normalized spacial score (nSPS) is 14.8. The molecule has 29 heavy (non-hydrogen) atoms. The summed E-state index contributed by atoms with van der Waals surface area (Å²) < 4.78 is 29.0. The van der Waals surface area contributed by atoms with Gasteiger partial charge in [0.15, 0.2) is 0 Å². The van der Waals surface area contributed by atoms with E-state index in [1.165, 1.54) is 19.3 Å². The minimum absolute atomic E-state index is 0.291. The highest BCUT2D eigenvalue weighted by Crippen LogP contribution is 2.31. The number of piperidine rings is 1. The van der Waals surface area contributed by atoms with Gasteiger partial charge in [-0.1, -0.05) is 24.3 Å². The van der Waals surface area contributed by atoms with Gasteiger partial charge in [-0.15, -0.1) is 0 Å². The van der Waals surface area contributed by atoms with Crippen molar-refractivity contribution in [3.8, 4) is 0 Å². The minimum Gasteiger partial charge on any atom is -0.377 e. The molecule has 6 heteroatoms. The van der Waals surface area contributed by atoms with E-state index < -0.39 is 10.0 Å². The number of hydrogen-bond donors (Lipinski definition) is 1. The molecular weight excluding hydrogens is 382 g/mol. The second-order valence-electron chi connectivity index (χ2n) is 7.72. The van der Waals surface area contributed by atoms with Crippen LogP contribution in [0.1, 0.15) is 19.3 Å². The highest BCUT2D eigenvalue weighted by atomic mass is 32.2. The molecule has 0 radical (unpaired) electrons. The Morgan fingerprint density at radius 2 is 1.48 bits per heavy atom. The molecule has 5 nitrogen and oxygen atoms in total. The van der Waals surface area contributed by atoms with Gasteiger partial charge in [0.05, 0.1) is 4.90 Å². The molecular formula is C23H27N3O2S. The molecule has 0 spiro atoms. The number of benzene rings is 3. The summed E-state index contributed by atoms with van der Waals surface area (Å²) in [4.78, 5) is 4.64. The molecule has 0 aromatic heterocycles. The minimum atomic E-state index is -3.70. The van der Waals surface area contributed by atoms with Crippen molar-refractivity contribution in [2.24, 2.45) is 0 Å². The molecule has 1 aliphatic heterocycles. The molecule has 1 N–H and O–H groups in total. The molecule has 3 aromatic carbocycles. The molecule has 0 saturated carbocycles. The van der Waals surface area contributed by atoms with Gasteiger partial charge in [-0.2, -0.15) is 0 Å². The van der Waals surface area contributed by atoms with Crippen molar-refractivity contribution < 1.29 is 8.42 Å². The molecule has 0 bridgehead atoms. The van der Waals surface area contributed by atoms with Gasteiger partial charge in [0.1, 0.15) is 0 Å². The van der Waals surface area contributed by atoms with Gasteiger partial charge in [0.2, 0.25) is 0 Å². The maximum Gasteiger partial charge on any atom is 0.262 e. The average Bonchev–Trinajstić information content (AvgIpc) is 2.73. The van der Waals surface area contributed by atoms with E-state index in [0.717, 1.165) is 35.2 Å². The molecule has 0 unspecified atom stereocenters. The van der Waals surface area contributed by atoms with Gasteiger partial charge >= 0.3 is 0 Å². The van der Waals surface area contributed by atoms with Gasteiger partial charge in [-0.25, -0.2) is 8.42 Å². The Labute approximate surface area is 173 Å². The van der Waals surface area contributed by atoms with E-state index in [4.69, 9.17) is 0 Å². The predicted octanol–water partition coefficient (Wildman–Crippen LogP) is 4.70. The molecule has 0 aliphatic carbocycles. The van der Waals surface area contributed by atoms with Crippen molar-refractivity contribution in [2.75, 3.05) is 41.7 Å². The molecule has 1 heterocycles. The molecule has 0 atom stereocenters. The van der Waals surface area contributed by atoms with Crippen LogP contribution in [0.4, 0.5) is 17.1 Å². The van der Waals surface area contributed by atoms with E-state index >= 15 is 0 Å². The lowest BCUT2D eigenvalue weighted by Gasteiger charge is -2.28. The average molecular weight is 410 g/mol. The highest BCUT2D eigenvalue weighted by molar-refractivity contribution is 7.93. The lowest BCUT2D eigenvalue weighted by Crippen LogP contribution is -2.29. The Hall–Kier alpha value is -2.73. The van der Waals surface area contributed by atoms with Crippen LogP contribution in [0.2, 0.25) is 0 Å². The fraction of sp³-hybridized carbons (Fsp3) is 0.304. The fourth-order valence-corrected chi connectivity index (χ4v) is 5.27. The molecule has 0 amide bonds. The number of nitrogens with one attached hydrogen (secondary N) is 1. The summed E-state index contributed by atoms with van der Waals surface area (Å²) in [6, 6.07) is 18.8. The maximum atomic E-state index is 13.1. The number of fused-ring (bicyclic) bond motifs is 1. The monoisotopic (exact) mass is 409 g/mol. The Balaban J connectivity index is 1.63. The van der Waals surface area contributed by atoms with Crippen LogP contribution in [0.3, 0.4) is 0 Å². The first-order valence-electron chi connectivity index (χ1n) is 10.0. The van der Waals surface area contributed by atoms with E-state index in [9.17, 15) is 8.42 Å². The summed E-state index contributed by atoms with van der Waals surface area (Å²) in [7, 11) is 0.211. The maximum absolute atomic E-state index is 13.1. The second kappa shape index (κ2) is 7.95. The summed E-state index contributed by atoms with van der Waals surface area (Å²) in [5, 5.41) is 1.64. The summed E-state index contributed by atoms with van der Waals surface area (Å²) in [6.07, 6.45) is 3.71. The molecule has 152 valence electrons. The number of anilines is 3. The van der Waals surface area contributed by atoms with Gasteiger partial charge in [-0.05, 0) is 55.7 Å². The zero-order valence-electron chi connectivity index (χ0n) is 16.9. The number of rotatable bonds is 5. The third kappa shape index (κ3) is 4.03. The molecule has 1 aliphatic rings. The predicted molar refractivity (Wildman–Crippen MR) is 122 cm³/mol. The van der Waals surface area contributed by atoms with Crippen LogP contribution in [0.5, 0.6) is 0 Å². The third-order valence-corrected chi connectivity index (χ3v) is 6.91. The van der Waals surface area contributed by atoms with E-state index in [-0.39, 0.29) is 0 Å². The summed E-state index contributed by atoms with van der Waals surface area (Å²) >= 11 is 0. The molecule has 1 saturated heterocycles. The Morgan fingerprint density at radius 3 is 2.17 bits per heavy atom. The SMILES string of the molecule is CN(C)c1cccc2c(S(=O)(=O)Nc3ccc(N4CCCCC4)cc3)cccc12. The van der Waals surface area contributed by atoms with Crippen molar-refractivity contribution in [3.63, 3.8) is 0 Å². The van der Waals surface area contributed by atoms with Crippen molar-refractivity contribution in [1.29, 1.82) is 0 Å². The lowest BCUT2D eigenvalue weighted by molar-refractivity contribution is 0.578. The van der Waals surface area contributed by atoms with E-state index in [1.807, 2.05) is 67.5 Å². The van der Waals surface area contributed by atoms with E-state index in [2.05, 4.69) is 9.62 Å². The quantitative estimate of drug-likeness (QED) is 0.664. The van der Waals surface area contributed by atoms with Crippen molar-refractivity contribution in [3.05, 3.63) is 60.7 Å². The smallest absolute Gasteiger partial charge is 0.262 e. The Kier molecular flexibility index (Phi) is 5.37. The van der Waals surface area contributed by atoms with E-state index in [1.54, 1.807) is 12.1 Å². The third-order valence-electron chi connectivity index (χ3n) is 5.47. The van der Waals surface area contributed by atoms with E-state index in [0.29, 0.717) is 10.6 Å². The second-order valence-corrected chi connectivity index (χ2v) is 9.37. The molecule has 1 fully saturated rings. The number of nitrogens with zero attached hydrogens (tertiary/aromatic N) is 2. The van der Waals surface area contributed by atoms with Crippen LogP contribution >= 0.6 is 0 Å². The summed E-state index contributed by atoms with van der Waals surface area (Å²) in [5.74, 6) is 0. The van der Waals surface area contributed by atoms with Crippen molar-refractivity contribution >= 4 is 37.9 Å². The largest absolute Gasteiger partial charge is 0.377 e.